The van der Waals surface area contributed by atoms with Gasteiger partial charge in [0.15, 0.2) is 5.78 Å². The first-order valence-corrected chi connectivity index (χ1v) is 9.17. The third-order valence-electron chi connectivity index (χ3n) is 4.37. The fraction of sp³-hybridized carbons (Fsp3) is 0.174. The van der Waals surface area contributed by atoms with E-state index in [2.05, 4.69) is 27.4 Å². The van der Waals surface area contributed by atoms with Crippen LogP contribution in [0.5, 0.6) is 11.5 Å². The number of benzene rings is 2. The molecule has 0 saturated carbocycles. The van der Waals surface area contributed by atoms with Crippen molar-refractivity contribution in [2.24, 2.45) is 0 Å². The van der Waals surface area contributed by atoms with Gasteiger partial charge >= 0.3 is 0 Å². The van der Waals surface area contributed by atoms with Gasteiger partial charge in [-0.2, -0.15) is 5.10 Å². The summed E-state index contributed by atoms with van der Waals surface area (Å²) in [5, 5.41) is 9.66. The number of aromatic amines is 1. The number of amides is 1. The molecule has 1 heterocycles. The first-order valence-electron chi connectivity index (χ1n) is 9.17. The van der Waals surface area contributed by atoms with E-state index in [4.69, 9.17) is 9.47 Å². The third-order valence-corrected chi connectivity index (χ3v) is 4.37. The van der Waals surface area contributed by atoms with Crippen molar-refractivity contribution < 1.29 is 19.1 Å². The average molecular weight is 403 g/mol. The predicted octanol–water partition coefficient (Wildman–Crippen LogP) is 3.08. The van der Waals surface area contributed by atoms with Crippen molar-refractivity contribution in [1.82, 2.24) is 15.5 Å². The SMILES string of the molecule is COc1ccc(OC)c(-c2cc(C(=O)NCC#Cc3ccc(C(C)=O)cc3)[nH]n2)c1. The van der Waals surface area contributed by atoms with E-state index in [9.17, 15) is 9.59 Å². The molecule has 0 saturated heterocycles. The molecular formula is C23H21N3O4. The molecule has 0 aliphatic carbocycles. The van der Waals surface area contributed by atoms with Crippen molar-refractivity contribution in [3.63, 3.8) is 0 Å². The lowest BCUT2D eigenvalue weighted by Gasteiger charge is -2.08. The minimum Gasteiger partial charge on any atom is -0.497 e. The first kappa shape index (κ1) is 20.7. The molecule has 0 unspecified atom stereocenters. The Hall–Kier alpha value is -4.05. The Morgan fingerprint density at radius 1 is 1.07 bits per heavy atom. The van der Waals surface area contributed by atoms with Crippen molar-refractivity contribution in [2.45, 2.75) is 6.92 Å². The summed E-state index contributed by atoms with van der Waals surface area (Å²) in [6, 6.07) is 14.0. The molecule has 0 fully saturated rings. The Kier molecular flexibility index (Phi) is 6.50. The van der Waals surface area contributed by atoms with Crippen LogP contribution >= 0.6 is 0 Å². The van der Waals surface area contributed by atoms with Crippen LogP contribution in [0.2, 0.25) is 0 Å². The van der Waals surface area contributed by atoms with Crippen molar-refractivity contribution in [1.29, 1.82) is 0 Å². The van der Waals surface area contributed by atoms with Gasteiger partial charge in [-0.25, -0.2) is 0 Å². The van der Waals surface area contributed by atoms with Gasteiger partial charge in [0, 0.05) is 16.7 Å². The number of aromatic nitrogens is 2. The van der Waals surface area contributed by atoms with Gasteiger partial charge in [0.05, 0.1) is 26.5 Å². The molecule has 1 amide bonds. The van der Waals surface area contributed by atoms with Crippen molar-refractivity contribution >= 4 is 11.7 Å². The second-order valence-electron chi connectivity index (χ2n) is 6.35. The van der Waals surface area contributed by atoms with Gasteiger partial charge in [-0.15, -0.1) is 0 Å². The van der Waals surface area contributed by atoms with E-state index in [-0.39, 0.29) is 18.2 Å². The van der Waals surface area contributed by atoms with Crippen LogP contribution < -0.4 is 14.8 Å². The maximum Gasteiger partial charge on any atom is 0.270 e. The van der Waals surface area contributed by atoms with Crippen LogP contribution in [0.3, 0.4) is 0 Å². The van der Waals surface area contributed by atoms with Gasteiger partial charge in [0.1, 0.15) is 17.2 Å². The number of carbonyl (C=O) groups is 2. The summed E-state index contributed by atoms with van der Waals surface area (Å²) in [6.07, 6.45) is 0. The molecular weight excluding hydrogens is 382 g/mol. The number of ketones is 1. The van der Waals surface area contributed by atoms with Crippen LogP contribution in [-0.4, -0.2) is 42.7 Å². The smallest absolute Gasteiger partial charge is 0.270 e. The van der Waals surface area contributed by atoms with E-state index in [1.807, 2.05) is 0 Å². The Labute approximate surface area is 174 Å². The molecule has 0 aliphatic rings. The number of hydrogen-bond donors (Lipinski definition) is 2. The van der Waals surface area contributed by atoms with Crippen LogP contribution in [0, 0.1) is 11.8 Å². The minimum absolute atomic E-state index is 0.00673. The Balaban J connectivity index is 1.64. The molecule has 2 aromatic carbocycles. The first-order chi connectivity index (χ1) is 14.5. The number of rotatable bonds is 6. The van der Waals surface area contributed by atoms with Gasteiger partial charge in [0.2, 0.25) is 0 Å². The normalized spacial score (nSPS) is 9.97. The molecule has 3 aromatic rings. The van der Waals surface area contributed by atoms with Gasteiger partial charge in [-0.05, 0) is 43.3 Å². The van der Waals surface area contributed by atoms with Crippen molar-refractivity contribution in [3.8, 4) is 34.6 Å². The molecule has 0 bridgehead atoms. The maximum absolute atomic E-state index is 12.4. The molecule has 152 valence electrons. The summed E-state index contributed by atoms with van der Waals surface area (Å²) in [4.78, 5) is 23.6. The summed E-state index contributed by atoms with van der Waals surface area (Å²) in [5.41, 5.74) is 2.98. The highest BCUT2D eigenvalue weighted by atomic mass is 16.5. The van der Waals surface area contributed by atoms with Gasteiger partial charge < -0.3 is 14.8 Å². The number of H-pyrrole nitrogens is 1. The number of nitrogens with one attached hydrogen (secondary N) is 2. The van der Waals surface area contributed by atoms with Crippen LogP contribution in [0.25, 0.3) is 11.3 Å². The summed E-state index contributed by atoms with van der Waals surface area (Å²) in [6.45, 7) is 1.69. The number of nitrogens with zero attached hydrogens (tertiary/aromatic N) is 1. The molecule has 7 nitrogen and oxygen atoms in total. The van der Waals surface area contributed by atoms with Crippen LogP contribution in [0.1, 0.15) is 33.3 Å². The standard InChI is InChI=1S/C23H21N3O4/c1-15(27)17-8-6-16(7-9-17)5-4-12-24-23(28)21-14-20(25-26-21)19-13-18(29-2)10-11-22(19)30-3/h6-11,13-14H,12H2,1-3H3,(H,24,28)(H,25,26). The lowest BCUT2D eigenvalue weighted by atomic mass is 10.1. The molecule has 7 heteroatoms. The summed E-state index contributed by atoms with van der Waals surface area (Å²) in [7, 11) is 3.14. The lowest BCUT2D eigenvalue weighted by molar-refractivity contribution is 0.0952. The number of ether oxygens (including phenoxy) is 2. The third kappa shape index (κ3) is 4.86. The monoisotopic (exact) mass is 403 g/mol. The Bertz CT molecular complexity index is 1120. The Morgan fingerprint density at radius 2 is 1.83 bits per heavy atom. The number of hydrogen-bond acceptors (Lipinski definition) is 5. The highest BCUT2D eigenvalue weighted by Gasteiger charge is 2.14. The molecule has 0 spiro atoms. The fourth-order valence-corrected chi connectivity index (χ4v) is 2.74. The van der Waals surface area contributed by atoms with E-state index >= 15 is 0 Å². The Morgan fingerprint density at radius 3 is 2.50 bits per heavy atom. The second kappa shape index (κ2) is 9.43. The highest BCUT2D eigenvalue weighted by molar-refractivity contribution is 5.94. The number of Topliss-reactive ketones (excluding diaryl/α,β-unsaturated/α-hetero) is 1. The molecule has 0 radical (unpaired) electrons. The van der Waals surface area contributed by atoms with E-state index in [1.165, 1.54) is 6.92 Å². The van der Waals surface area contributed by atoms with Crippen molar-refractivity contribution in [3.05, 3.63) is 65.4 Å². The zero-order valence-electron chi connectivity index (χ0n) is 16.9. The molecule has 0 atom stereocenters. The summed E-state index contributed by atoms with van der Waals surface area (Å²) in [5.74, 6) is 6.79. The quantitative estimate of drug-likeness (QED) is 0.487. The zero-order chi connectivity index (χ0) is 21.5. The zero-order valence-corrected chi connectivity index (χ0v) is 16.9. The van der Waals surface area contributed by atoms with E-state index in [0.29, 0.717) is 34.0 Å². The van der Waals surface area contributed by atoms with Crippen molar-refractivity contribution in [2.75, 3.05) is 20.8 Å². The van der Waals surface area contributed by atoms with Crippen LogP contribution in [-0.2, 0) is 0 Å². The lowest BCUT2D eigenvalue weighted by Crippen LogP contribution is -2.23. The van der Waals surface area contributed by atoms with E-state index in [0.717, 1.165) is 5.56 Å². The fourth-order valence-electron chi connectivity index (χ4n) is 2.74. The molecule has 2 N–H and O–H groups in total. The summed E-state index contributed by atoms with van der Waals surface area (Å²) < 4.78 is 10.6. The maximum atomic E-state index is 12.4. The largest absolute Gasteiger partial charge is 0.497 e. The molecule has 3 rings (SSSR count). The van der Waals surface area contributed by atoms with E-state index < -0.39 is 0 Å². The molecule has 1 aromatic heterocycles. The molecule has 0 aliphatic heterocycles. The molecule has 30 heavy (non-hydrogen) atoms. The number of methoxy groups -OCH3 is 2. The van der Waals surface area contributed by atoms with Crippen LogP contribution in [0.4, 0.5) is 0 Å². The summed E-state index contributed by atoms with van der Waals surface area (Å²) >= 11 is 0. The second-order valence-corrected chi connectivity index (χ2v) is 6.35. The van der Waals surface area contributed by atoms with E-state index in [1.54, 1.807) is 62.8 Å². The average Bonchev–Trinajstić information content (AvgIpc) is 3.26. The minimum atomic E-state index is -0.322. The highest BCUT2D eigenvalue weighted by Crippen LogP contribution is 2.32. The van der Waals surface area contributed by atoms with Gasteiger partial charge in [-0.3, -0.25) is 14.7 Å². The van der Waals surface area contributed by atoms with Gasteiger partial charge in [0.25, 0.3) is 5.91 Å². The number of carbonyl (C=O) groups excluding carboxylic acids is 2. The predicted molar refractivity (Wildman–Crippen MR) is 113 cm³/mol. The van der Waals surface area contributed by atoms with Gasteiger partial charge in [-0.1, -0.05) is 24.0 Å². The van der Waals surface area contributed by atoms with Crippen LogP contribution in [0.15, 0.2) is 48.5 Å². The topological polar surface area (TPSA) is 93.3 Å².